The molecule has 2 N–H and O–H groups in total. The van der Waals surface area contributed by atoms with Crippen molar-refractivity contribution in [3.8, 4) is 0 Å². The van der Waals surface area contributed by atoms with Crippen molar-refractivity contribution in [2.45, 2.75) is 25.9 Å². The number of rotatable bonds is 3. The molecular weight excluding hydrogens is 261 g/mol. The number of esters is 1. The molecule has 2 aliphatic rings. The maximum Gasteiger partial charge on any atom is 0.431 e. The number of allylic oxidation sites excluding steroid dienone is 2. The van der Waals surface area contributed by atoms with Crippen LogP contribution in [0.3, 0.4) is 0 Å². The highest BCUT2D eigenvalue weighted by Gasteiger charge is 2.52. The predicted molar refractivity (Wildman–Crippen MR) is 62.4 cm³/mol. The van der Waals surface area contributed by atoms with Gasteiger partial charge in [0.05, 0.1) is 6.61 Å². The van der Waals surface area contributed by atoms with Crippen LogP contribution in [0.15, 0.2) is 16.3 Å². The molecule has 19 heavy (non-hydrogen) atoms. The van der Waals surface area contributed by atoms with Gasteiger partial charge >= 0.3 is 12.1 Å². The quantitative estimate of drug-likeness (QED) is 0.799. The molecule has 2 aliphatic carbocycles. The number of hydrogen-bond donors (Lipinski definition) is 1. The Hall–Kier alpha value is -1.53. The van der Waals surface area contributed by atoms with E-state index in [-0.39, 0.29) is 30.6 Å². The number of nitrogens with zero attached hydrogens (tertiary/aromatic N) is 1. The summed E-state index contributed by atoms with van der Waals surface area (Å²) in [5, 5.41) is 0. The third-order valence-corrected chi connectivity index (χ3v) is 3.36. The number of alkyl halides is 3. The number of carbonyl (C=O) groups is 1. The lowest BCUT2D eigenvalue weighted by molar-refractivity contribution is -0.141. The van der Waals surface area contributed by atoms with Crippen LogP contribution >= 0.6 is 0 Å². The van der Waals surface area contributed by atoms with Crippen LogP contribution in [-0.2, 0) is 9.53 Å². The summed E-state index contributed by atoms with van der Waals surface area (Å²) < 4.78 is 42.7. The van der Waals surface area contributed by atoms with E-state index in [1.165, 1.54) is 0 Å². The van der Waals surface area contributed by atoms with E-state index in [0.29, 0.717) is 12.1 Å². The van der Waals surface area contributed by atoms with Crippen LogP contribution in [0.5, 0.6) is 0 Å². The van der Waals surface area contributed by atoms with Gasteiger partial charge in [-0.25, -0.2) is 0 Å². The normalized spacial score (nSPS) is 30.2. The topological polar surface area (TPSA) is 64.7 Å². The highest BCUT2D eigenvalue weighted by Crippen LogP contribution is 2.55. The standard InChI is InChI=1S/C12H15F3N2O2/c1-2-19-9(18)5-17-8-4-6-3-7(6)10(8)11(16)12(13,14)15/h6-7H,2-5,16H2,1H3/b11-10-,17-8?. The third-order valence-electron chi connectivity index (χ3n) is 3.36. The summed E-state index contributed by atoms with van der Waals surface area (Å²) in [7, 11) is 0. The maximum absolute atomic E-state index is 12.7. The van der Waals surface area contributed by atoms with Gasteiger partial charge in [0.15, 0.2) is 0 Å². The zero-order chi connectivity index (χ0) is 14.2. The Bertz CT molecular complexity index is 454. The monoisotopic (exact) mass is 276 g/mol. The van der Waals surface area contributed by atoms with E-state index in [1.54, 1.807) is 6.92 Å². The van der Waals surface area contributed by atoms with Crippen LogP contribution < -0.4 is 5.73 Å². The number of halogens is 3. The molecule has 2 fully saturated rings. The first-order valence-corrected chi connectivity index (χ1v) is 6.10. The van der Waals surface area contributed by atoms with Crippen LogP contribution in [0.4, 0.5) is 13.2 Å². The largest absolute Gasteiger partial charge is 0.465 e. The summed E-state index contributed by atoms with van der Waals surface area (Å²) in [5.74, 6) is -0.472. The minimum Gasteiger partial charge on any atom is -0.465 e. The first-order chi connectivity index (χ1) is 8.84. The Morgan fingerprint density at radius 1 is 1.53 bits per heavy atom. The van der Waals surface area contributed by atoms with Crippen LogP contribution in [0.2, 0.25) is 0 Å². The SMILES string of the molecule is CCOC(=O)CN=C1CC2CC2/C1=C(/N)C(F)(F)F. The molecule has 2 saturated carbocycles. The first-order valence-electron chi connectivity index (χ1n) is 6.10. The van der Waals surface area contributed by atoms with Crippen molar-refractivity contribution in [3.05, 3.63) is 11.3 Å². The lowest BCUT2D eigenvalue weighted by atomic mass is 10.1. The fourth-order valence-corrected chi connectivity index (χ4v) is 2.42. The van der Waals surface area contributed by atoms with E-state index >= 15 is 0 Å². The van der Waals surface area contributed by atoms with Gasteiger partial charge in [0.1, 0.15) is 12.2 Å². The zero-order valence-electron chi connectivity index (χ0n) is 10.5. The highest BCUT2D eigenvalue weighted by atomic mass is 19.4. The van der Waals surface area contributed by atoms with Gasteiger partial charge in [-0.2, -0.15) is 13.2 Å². The van der Waals surface area contributed by atoms with Gasteiger partial charge in [0, 0.05) is 11.3 Å². The van der Waals surface area contributed by atoms with E-state index in [1.807, 2.05) is 0 Å². The van der Waals surface area contributed by atoms with Gasteiger partial charge in [-0.3, -0.25) is 9.79 Å². The minimum atomic E-state index is -4.54. The number of nitrogens with two attached hydrogens (primary N) is 1. The van der Waals surface area contributed by atoms with Crippen molar-refractivity contribution in [2.24, 2.45) is 22.6 Å². The number of hydrogen-bond acceptors (Lipinski definition) is 4. The van der Waals surface area contributed by atoms with Gasteiger partial charge in [0.25, 0.3) is 0 Å². The lowest BCUT2D eigenvalue weighted by Gasteiger charge is -2.12. The van der Waals surface area contributed by atoms with E-state index in [9.17, 15) is 18.0 Å². The van der Waals surface area contributed by atoms with Crippen molar-refractivity contribution < 1.29 is 22.7 Å². The summed E-state index contributed by atoms with van der Waals surface area (Å²) in [5.41, 5.74) is 4.51. The van der Waals surface area contributed by atoms with E-state index < -0.39 is 17.8 Å². The Balaban J connectivity index is 2.17. The molecule has 4 nitrogen and oxygen atoms in total. The molecule has 0 amide bonds. The molecule has 0 spiro atoms. The predicted octanol–water partition coefficient (Wildman–Crippen LogP) is 1.81. The average Bonchev–Trinajstić information content (AvgIpc) is 2.97. The number of fused-ring (bicyclic) bond motifs is 1. The fourth-order valence-electron chi connectivity index (χ4n) is 2.42. The molecular formula is C12H15F3N2O2. The molecule has 2 unspecified atom stereocenters. The molecule has 2 atom stereocenters. The van der Waals surface area contributed by atoms with Crippen molar-refractivity contribution in [3.63, 3.8) is 0 Å². The van der Waals surface area contributed by atoms with Crippen LogP contribution in [-0.4, -0.2) is 31.0 Å². The van der Waals surface area contributed by atoms with Crippen molar-refractivity contribution in [2.75, 3.05) is 13.2 Å². The van der Waals surface area contributed by atoms with Crippen molar-refractivity contribution in [1.29, 1.82) is 0 Å². The van der Waals surface area contributed by atoms with Gasteiger partial charge in [0.2, 0.25) is 0 Å². The summed E-state index contributed by atoms with van der Waals surface area (Å²) >= 11 is 0. The van der Waals surface area contributed by atoms with Gasteiger partial charge in [-0.15, -0.1) is 0 Å². The Morgan fingerprint density at radius 3 is 2.79 bits per heavy atom. The Morgan fingerprint density at radius 2 is 2.21 bits per heavy atom. The highest BCUT2D eigenvalue weighted by molar-refractivity contribution is 6.05. The molecule has 0 radical (unpaired) electrons. The fraction of sp³-hybridized carbons (Fsp3) is 0.667. The molecule has 0 aromatic heterocycles. The van der Waals surface area contributed by atoms with Crippen molar-refractivity contribution >= 4 is 11.7 Å². The second-order valence-electron chi connectivity index (χ2n) is 4.70. The van der Waals surface area contributed by atoms with Crippen LogP contribution in [0.1, 0.15) is 19.8 Å². The van der Waals surface area contributed by atoms with Gasteiger partial charge in [-0.05, 0) is 31.6 Å². The molecule has 0 bridgehead atoms. The van der Waals surface area contributed by atoms with Crippen LogP contribution in [0.25, 0.3) is 0 Å². The van der Waals surface area contributed by atoms with E-state index in [4.69, 9.17) is 5.73 Å². The first kappa shape index (κ1) is 13.9. The third kappa shape index (κ3) is 2.90. The molecule has 2 rings (SSSR count). The number of carbonyl (C=O) groups excluding carboxylic acids is 1. The molecule has 0 aromatic carbocycles. The molecule has 0 aliphatic heterocycles. The van der Waals surface area contributed by atoms with E-state index in [2.05, 4.69) is 9.73 Å². The summed E-state index contributed by atoms with van der Waals surface area (Å²) in [4.78, 5) is 15.1. The second kappa shape index (κ2) is 4.86. The molecule has 0 aromatic rings. The minimum absolute atomic E-state index is 0.0850. The Labute approximate surface area is 108 Å². The zero-order valence-corrected chi connectivity index (χ0v) is 10.5. The maximum atomic E-state index is 12.7. The number of ether oxygens (including phenoxy) is 1. The molecule has 0 heterocycles. The van der Waals surface area contributed by atoms with Crippen molar-refractivity contribution in [1.82, 2.24) is 0 Å². The second-order valence-corrected chi connectivity index (χ2v) is 4.70. The summed E-state index contributed by atoms with van der Waals surface area (Å²) in [6.07, 6.45) is -3.35. The summed E-state index contributed by atoms with van der Waals surface area (Å²) in [6.45, 7) is 1.63. The number of aliphatic imine (C=N–C) groups is 1. The Kier molecular flexibility index (Phi) is 3.56. The smallest absolute Gasteiger partial charge is 0.431 e. The lowest BCUT2D eigenvalue weighted by Crippen LogP contribution is -2.24. The average molecular weight is 276 g/mol. The van der Waals surface area contributed by atoms with Crippen LogP contribution in [0, 0.1) is 11.8 Å². The van der Waals surface area contributed by atoms with Gasteiger partial charge in [-0.1, -0.05) is 0 Å². The summed E-state index contributed by atoms with van der Waals surface area (Å²) in [6, 6.07) is 0. The molecule has 0 saturated heterocycles. The van der Waals surface area contributed by atoms with E-state index in [0.717, 1.165) is 6.42 Å². The van der Waals surface area contributed by atoms with Gasteiger partial charge < -0.3 is 10.5 Å². The molecule has 106 valence electrons. The molecule has 7 heteroatoms.